The van der Waals surface area contributed by atoms with Gasteiger partial charge in [-0.2, -0.15) is 0 Å². The summed E-state index contributed by atoms with van der Waals surface area (Å²) in [4.78, 5) is 4.85. The number of hydrogen-bond donors (Lipinski definition) is 1. The van der Waals surface area contributed by atoms with Gasteiger partial charge in [0.2, 0.25) is 0 Å². The van der Waals surface area contributed by atoms with Crippen LogP contribution in [0.25, 0.3) is 0 Å². The van der Waals surface area contributed by atoms with E-state index in [0.717, 1.165) is 50.0 Å². The molecule has 1 aliphatic heterocycles. The molecule has 1 aromatic heterocycles. The number of piperazine rings is 1. The molecular formula is C9H17N5S. The number of rotatable bonds is 3. The highest BCUT2D eigenvalue weighted by molar-refractivity contribution is 7.09. The summed E-state index contributed by atoms with van der Waals surface area (Å²) in [7, 11) is 0. The first-order valence-electron chi connectivity index (χ1n) is 5.31. The Bertz CT molecular complexity index is 305. The van der Waals surface area contributed by atoms with Crippen molar-refractivity contribution in [1.82, 2.24) is 19.4 Å². The fourth-order valence-electron chi connectivity index (χ4n) is 1.80. The standard InChI is InChI=1S/C9H17N5S/c1-2-13-3-5-14(6-4-13)7-8-9(10)15-12-11-8/h2-7,10H2,1H3. The lowest BCUT2D eigenvalue weighted by Crippen LogP contribution is -2.45. The van der Waals surface area contributed by atoms with Crippen molar-refractivity contribution < 1.29 is 0 Å². The summed E-state index contributed by atoms with van der Waals surface area (Å²) in [6.07, 6.45) is 0. The molecule has 0 atom stereocenters. The fourth-order valence-corrected chi connectivity index (χ4v) is 2.24. The lowest BCUT2D eigenvalue weighted by Gasteiger charge is -2.33. The first-order chi connectivity index (χ1) is 7.29. The molecular weight excluding hydrogens is 210 g/mol. The zero-order chi connectivity index (χ0) is 10.7. The van der Waals surface area contributed by atoms with Crippen LogP contribution < -0.4 is 5.73 Å². The maximum absolute atomic E-state index is 5.77. The predicted molar refractivity (Wildman–Crippen MR) is 61.7 cm³/mol. The zero-order valence-electron chi connectivity index (χ0n) is 9.02. The number of hydrogen-bond acceptors (Lipinski definition) is 6. The summed E-state index contributed by atoms with van der Waals surface area (Å²) in [6.45, 7) is 8.70. The van der Waals surface area contributed by atoms with E-state index in [1.807, 2.05) is 0 Å². The van der Waals surface area contributed by atoms with Gasteiger partial charge in [0.05, 0.1) is 0 Å². The Kier molecular flexibility index (Phi) is 3.50. The highest BCUT2D eigenvalue weighted by atomic mass is 32.1. The molecule has 0 amide bonds. The van der Waals surface area contributed by atoms with Gasteiger partial charge in [-0.05, 0) is 6.54 Å². The highest BCUT2D eigenvalue weighted by Crippen LogP contribution is 2.15. The lowest BCUT2D eigenvalue weighted by atomic mass is 10.3. The van der Waals surface area contributed by atoms with Gasteiger partial charge in [-0.15, -0.1) is 5.10 Å². The quantitative estimate of drug-likeness (QED) is 0.802. The molecule has 1 aliphatic rings. The minimum atomic E-state index is 0.757. The maximum atomic E-state index is 5.77. The van der Waals surface area contributed by atoms with Gasteiger partial charge in [-0.3, -0.25) is 4.90 Å². The molecule has 6 heteroatoms. The first kappa shape index (κ1) is 10.8. The fraction of sp³-hybridized carbons (Fsp3) is 0.778. The highest BCUT2D eigenvalue weighted by Gasteiger charge is 2.17. The van der Waals surface area contributed by atoms with Gasteiger partial charge in [0.25, 0.3) is 0 Å². The van der Waals surface area contributed by atoms with Crippen LogP contribution >= 0.6 is 11.5 Å². The SMILES string of the molecule is CCN1CCN(Cc2nnsc2N)CC1. The molecule has 0 aromatic carbocycles. The van der Waals surface area contributed by atoms with Gasteiger partial charge in [-0.25, -0.2) is 0 Å². The largest absolute Gasteiger partial charge is 0.388 e. The number of nitrogens with zero attached hydrogens (tertiary/aromatic N) is 4. The van der Waals surface area contributed by atoms with E-state index >= 15 is 0 Å². The Balaban J connectivity index is 1.85. The van der Waals surface area contributed by atoms with E-state index in [9.17, 15) is 0 Å². The molecule has 5 nitrogen and oxygen atoms in total. The number of nitrogen functional groups attached to an aromatic ring is 1. The molecule has 2 rings (SSSR count). The van der Waals surface area contributed by atoms with Crippen molar-refractivity contribution in [3.63, 3.8) is 0 Å². The van der Waals surface area contributed by atoms with E-state index in [2.05, 4.69) is 26.3 Å². The molecule has 1 fully saturated rings. The molecule has 0 aliphatic carbocycles. The molecule has 15 heavy (non-hydrogen) atoms. The lowest BCUT2D eigenvalue weighted by molar-refractivity contribution is 0.131. The van der Waals surface area contributed by atoms with Crippen molar-refractivity contribution in [2.75, 3.05) is 38.5 Å². The topological polar surface area (TPSA) is 58.3 Å². The molecule has 0 saturated carbocycles. The Hall–Kier alpha value is -0.720. The second kappa shape index (κ2) is 4.87. The van der Waals surface area contributed by atoms with Crippen molar-refractivity contribution >= 4 is 16.5 Å². The van der Waals surface area contributed by atoms with Crippen LogP contribution in [0.3, 0.4) is 0 Å². The summed E-state index contributed by atoms with van der Waals surface area (Å²) < 4.78 is 3.85. The van der Waals surface area contributed by atoms with E-state index in [0.29, 0.717) is 0 Å². The van der Waals surface area contributed by atoms with Crippen molar-refractivity contribution in [2.24, 2.45) is 0 Å². The zero-order valence-corrected chi connectivity index (χ0v) is 9.83. The monoisotopic (exact) mass is 227 g/mol. The van der Waals surface area contributed by atoms with Crippen LogP contribution in [0, 0.1) is 0 Å². The van der Waals surface area contributed by atoms with E-state index in [-0.39, 0.29) is 0 Å². The molecule has 84 valence electrons. The average Bonchev–Trinajstić information content (AvgIpc) is 2.66. The number of anilines is 1. The van der Waals surface area contributed by atoms with Crippen LogP contribution in [-0.2, 0) is 6.54 Å². The van der Waals surface area contributed by atoms with Gasteiger partial charge in [0.15, 0.2) is 0 Å². The Morgan fingerprint density at radius 1 is 1.27 bits per heavy atom. The summed E-state index contributed by atoms with van der Waals surface area (Å²) in [5, 5.41) is 4.79. The van der Waals surface area contributed by atoms with Crippen molar-refractivity contribution in [2.45, 2.75) is 13.5 Å². The number of likely N-dealkylation sites (N-methyl/N-ethyl adjacent to an activating group) is 1. The van der Waals surface area contributed by atoms with Gasteiger partial charge < -0.3 is 10.6 Å². The third-order valence-corrected chi connectivity index (χ3v) is 3.47. The minimum Gasteiger partial charge on any atom is -0.388 e. The Labute approximate surface area is 94.0 Å². The molecule has 2 N–H and O–H groups in total. The second-order valence-electron chi connectivity index (χ2n) is 3.79. The van der Waals surface area contributed by atoms with E-state index in [4.69, 9.17) is 5.73 Å². The third kappa shape index (κ3) is 2.64. The summed E-state index contributed by atoms with van der Waals surface area (Å²) >= 11 is 1.28. The average molecular weight is 227 g/mol. The molecule has 0 radical (unpaired) electrons. The van der Waals surface area contributed by atoms with Gasteiger partial charge in [0, 0.05) is 44.3 Å². The number of aromatic nitrogens is 2. The minimum absolute atomic E-state index is 0.757. The molecule has 0 bridgehead atoms. The predicted octanol–water partition coefficient (Wildman–Crippen LogP) is 0.258. The summed E-state index contributed by atoms with van der Waals surface area (Å²) in [5.41, 5.74) is 6.70. The van der Waals surface area contributed by atoms with E-state index in [1.165, 1.54) is 11.5 Å². The summed E-state index contributed by atoms with van der Waals surface area (Å²) in [6, 6.07) is 0. The molecule has 2 heterocycles. The van der Waals surface area contributed by atoms with Crippen molar-refractivity contribution in [3.8, 4) is 0 Å². The smallest absolute Gasteiger partial charge is 0.132 e. The molecule has 0 spiro atoms. The van der Waals surface area contributed by atoms with Crippen LogP contribution in [0.2, 0.25) is 0 Å². The van der Waals surface area contributed by atoms with Gasteiger partial charge in [0.1, 0.15) is 10.7 Å². The normalized spacial score (nSPS) is 19.5. The van der Waals surface area contributed by atoms with Crippen LogP contribution in [0.15, 0.2) is 0 Å². The summed E-state index contributed by atoms with van der Waals surface area (Å²) in [5.74, 6) is 0. The molecule has 1 saturated heterocycles. The second-order valence-corrected chi connectivity index (χ2v) is 4.58. The Morgan fingerprint density at radius 3 is 2.47 bits per heavy atom. The first-order valence-corrected chi connectivity index (χ1v) is 6.08. The van der Waals surface area contributed by atoms with Crippen molar-refractivity contribution in [1.29, 1.82) is 0 Å². The maximum Gasteiger partial charge on any atom is 0.132 e. The van der Waals surface area contributed by atoms with Gasteiger partial charge in [-0.1, -0.05) is 11.4 Å². The van der Waals surface area contributed by atoms with Crippen LogP contribution in [0.5, 0.6) is 0 Å². The van der Waals surface area contributed by atoms with Crippen LogP contribution in [0.1, 0.15) is 12.6 Å². The molecule has 1 aromatic rings. The number of nitrogens with two attached hydrogens (primary N) is 1. The Morgan fingerprint density at radius 2 is 1.93 bits per heavy atom. The third-order valence-electron chi connectivity index (χ3n) is 2.87. The molecule has 0 unspecified atom stereocenters. The van der Waals surface area contributed by atoms with Gasteiger partial charge >= 0.3 is 0 Å². The van der Waals surface area contributed by atoms with Crippen LogP contribution in [0.4, 0.5) is 5.00 Å². The van der Waals surface area contributed by atoms with E-state index in [1.54, 1.807) is 0 Å². The van der Waals surface area contributed by atoms with Crippen LogP contribution in [-0.4, -0.2) is 52.1 Å². The van der Waals surface area contributed by atoms with E-state index < -0.39 is 0 Å². The van der Waals surface area contributed by atoms with Crippen molar-refractivity contribution in [3.05, 3.63) is 5.69 Å².